The molecule has 0 rings (SSSR count). The second kappa shape index (κ2) is 7.26. The third-order valence-corrected chi connectivity index (χ3v) is 4.85. The molecule has 3 nitrogen and oxygen atoms in total. The van der Waals surface area contributed by atoms with Crippen LogP contribution in [-0.4, -0.2) is 30.1 Å². The topological polar surface area (TPSA) is 27.7 Å². The molecule has 13 heavy (non-hydrogen) atoms. The van der Waals surface area contributed by atoms with E-state index in [1.54, 1.807) is 21.3 Å². The van der Waals surface area contributed by atoms with Crippen LogP contribution in [0.15, 0.2) is 12.2 Å². The smallest absolute Gasteiger partial charge is 0.377 e. The monoisotopic (exact) mass is 204 g/mol. The molecule has 0 spiro atoms. The van der Waals surface area contributed by atoms with Crippen molar-refractivity contribution in [3.05, 3.63) is 12.2 Å². The van der Waals surface area contributed by atoms with Gasteiger partial charge in [-0.25, -0.2) is 0 Å². The van der Waals surface area contributed by atoms with E-state index in [9.17, 15) is 0 Å². The molecule has 0 saturated carbocycles. The third-order valence-electron chi connectivity index (χ3n) is 2.02. The quantitative estimate of drug-likeness (QED) is 0.361. The molecule has 0 heterocycles. The Balaban J connectivity index is 3.81. The van der Waals surface area contributed by atoms with Gasteiger partial charge in [-0.3, -0.25) is 0 Å². The lowest BCUT2D eigenvalue weighted by molar-refractivity contribution is 0.123. The Labute approximate surface area is 82.1 Å². The van der Waals surface area contributed by atoms with Gasteiger partial charge in [0, 0.05) is 27.4 Å². The predicted octanol–water partition coefficient (Wildman–Crippen LogP) is 2.22. The Morgan fingerprint density at radius 3 is 2.00 bits per heavy atom. The van der Waals surface area contributed by atoms with Crippen molar-refractivity contribution >= 4 is 8.80 Å². The average molecular weight is 204 g/mol. The van der Waals surface area contributed by atoms with Crippen LogP contribution in [0, 0.1) is 0 Å². The van der Waals surface area contributed by atoms with E-state index in [4.69, 9.17) is 13.3 Å². The van der Waals surface area contributed by atoms with Crippen LogP contribution >= 0.6 is 0 Å². The van der Waals surface area contributed by atoms with Gasteiger partial charge < -0.3 is 13.3 Å². The molecule has 0 radical (unpaired) electrons. The van der Waals surface area contributed by atoms with Crippen molar-refractivity contribution in [1.29, 1.82) is 0 Å². The Morgan fingerprint density at radius 2 is 1.62 bits per heavy atom. The minimum Gasteiger partial charge on any atom is -0.377 e. The zero-order valence-electron chi connectivity index (χ0n) is 9.00. The summed E-state index contributed by atoms with van der Waals surface area (Å²) >= 11 is 0. The maximum atomic E-state index is 5.29. The van der Waals surface area contributed by atoms with Crippen LogP contribution in [0.1, 0.15) is 19.8 Å². The van der Waals surface area contributed by atoms with Crippen molar-refractivity contribution in [2.24, 2.45) is 0 Å². The fraction of sp³-hybridized carbons (Fsp3) is 0.778. The van der Waals surface area contributed by atoms with Crippen molar-refractivity contribution < 1.29 is 13.3 Å². The van der Waals surface area contributed by atoms with Gasteiger partial charge in [-0.15, -0.1) is 0 Å². The van der Waals surface area contributed by atoms with Crippen LogP contribution < -0.4 is 0 Å². The predicted molar refractivity (Wildman–Crippen MR) is 55.6 cm³/mol. The minimum atomic E-state index is -2.30. The van der Waals surface area contributed by atoms with Gasteiger partial charge in [0.1, 0.15) is 0 Å². The van der Waals surface area contributed by atoms with Crippen molar-refractivity contribution in [2.45, 2.75) is 25.8 Å². The molecule has 0 aliphatic carbocycles. The highest BCUT2D eigenvalue weighted by Crippen LogP contribution is 2.16. The fourth-order valence-corrected chi connectivity index (χ4v) is 2.91. The van der Waals surface area contributed by atoms with Crippen molar-refractivity contribution in [3.63, 3.8) is 0 Å². The first kappa shape index (κ1) is 12.8. The van der Waals surface area contributed by atoms with Crippen LogP contribution in [0.2, 0.25) is 6.04 Å². The van der Waals surface area contributed by atoms with Crippen LogP contribution in [0.5, 0.6) is 0 Å². The molecule has 0 aromatic carbocycles. The molecule has 0 bridgehead atoms. The molecule has 4 heteroatoms. The van der Waals surface area contributed by atoms with E-state index in [1.165, 1.54) is 0 Å². The number of unbranched alkanes of at least 4 members (excludes halogenated alkanes) is 1. The minimum absolute atomic E-state index is 0.876. The maximum Gasteiger partial charge on any atom is 0.500 e. The summed E-state index contributed by atoms with van der Waals surface area (Å²) in [5.41, 5.74) is 0. The highest BCUT2D eigenvalue weighted by Gasteiger charge is 2.36. The van der Waals surface area contributed by atoms with E-state index >= 15 is 0 Å². The van der Waals surface area contributed by atoms with Crippen molar-refractivity contribution in [3.8, 4) is 0 Å². The van der Waals surface area contributed by atoms with Gasteiger partial charge in [-0.2, -0.15) is 0 Å². The van der Waals surface area contributed by atoms with Gasteiger partial charge in [0.05, 0.1) is 0 Å². The number of hydrogen-bond acceptors (Lipinski definition) is 3. The lowest BCUT2D eigenvalue weighted by atomic mass is 10.3. The summed E-state index contributed by atoms with van der Waals surface area (Å²) in [6.07, 6.45) is 6.29. The second-order valence-electron chi connectivity index (χ2n) is 2.76. The van der Waals surface area contributed by atoms with Crippen LogP contribution in [0.25, 0.3) is 0 Å². The summed E-state index contributed by atoms with van der Waals surface area (Å²) in [4.78, 5) is 0. The molecule has 78 valence electrons. The standard InChI is InChI=1S/C9H20O3Si/c1-5-6-7-8-9-13(10-2,11-3)12-4/h5-6H,7-9H2,1-4H3. The molecule has 0 aromatic rings. The molecule has 0 fully saturated rings. The van der Waals surface area contributed by atoms with Crippen LogP contribution in [0.3, 0.4) is 0 Å². The van der Waals surface area contributed by atoms with E-state index in [0.717, 1.165) is 18.9 Å². The first-order valence-electron chi connectivity index (χ1n) is 4.51. The molecule has 0 saturated heterocycles. The van der Waals surface area contributed by atoms with E-state index < -0.39 is 8.80 Å². The van der Waals surface area contributed by atoms with E-state index in [2.05, 4.69) is 12.2 Å². The fourth-order valence-electron chi connectivity index (χ4n) is 1.16. The summed E-state index contributed by atoms with van der Waals surface area (Å²) in [7, 11) is 2.64. The van der Waals surface area contributed by atoms with Crippen molar-refractivity contribution in [1.82, 2.24) is 0 Å². The summed E-state index contributed by atoms with van der Waals surface area (Å²) in [6, 6.07) is 0.876. The Hall–Kier alpha value is -0.163. The molecule has 0 atom stereocenters. The number of allylic oxidation sites excluding steroid dienone is 2. The molecule has 0 N–H and O–H groups in total. The van der Waals surface area contributed by atoms with Gasteiger partial charge in [-0.1, -0.05) is 12.2 Å². The van der Waals surface area contributed by atoms with E-state index in [0.29, 0.717) is 0 Å². The summed E-state index contributed by atoms with van der Waals surface area (Å²) < 4.78 is 15.9. The average Bonchev–Trinajstić information content (AvgIpc) is 2.20. The molecular formula is C9H20O3Si. The van der Waals surface area contributed by atoms with Gasteiger partial charge in [0.2, 0.25) is 0 Å². The summed E-state index contributed by atoms with van der Waals surface area (Å²) in [6.45, 7) is 2.02. The molecule has 0 amide bonds. The molecule has 0 aliphatic rings. The normalized spacial score (nSPS) is 12.6. The van der Waals surface area contributed by atoms with Crippen LogP contribution in [0.4, 0.5) is 0 Å². The number of rotatable bonds is 7. The Kier molecular flexibility index (Phi) is 7.17. The maximum absolute atomic E-state index is 5.29. The SMILES string of the molecule is CC=CCCC[Si](OC)(OC)OC. The second-order valence-corrected chi connectivity index (χ2v) is 5.85. The molecule has 0 unspecified atom stereocenters. The zero-order valence-corrected chi connectivity index (χ0v) is 10.0. The largest absolute Gasteiger partial charge is 0.500 e. The first-order valence-corrected chi connectivity index (χ1v) is 6.44. The highest BCUT2D eigenvalue weighted by atomic mass is 28.4. The van der Waals surface area contributed by atoms with Gasteiger partial charge in [0.25, 0.3) is 0 Å². The Bertz CT molecular complexity index is 136. The lowest BCUT2D eigenvalue weighted by Gasteiger charge is -2.23. The number of hydrogen-bond donors (Lipinski definition) is 0. The highest BCUT2D eigenvalue weighted by molar-refractivity contribution is 6.60. The van der Waals surface area contributed by atoms with Gasteiger partial charge in [-0.05, 0) is 19.8 Å². The van der Waals surface area contributed by atoms with Gasteiger partial charge >= 0.3 is 8.80 Å². The zero-order chi connectivity index (χ0) is 10.2. The first-order chi connectivity index (χ1) is 6.24. The molecule has 0 aliphatic heterocycles. The van der Waals surface area contributed by atoms with E-state index in [-0.39, 0.29) is 0 Å². The van der Waals surface area contributed by atoms with E-state index in [1.807, 2.05) is 6.92 Å². The molecule has 0 aromatic heterocycles. The molecular weight excluding hydrogens is 184 g/mol. The van der Waals surface area contributed by atoms with Crippen LogP contribution in [-0.2, 0) is 13.3 Å². The van der Waals surface area contributed by atoms with Gasteiger partial charge in [0.15, 0.2) is 0 Å². The lowest BCUT2D eigenvalue weighted by Crippen LogP contribution is -2.42. The third kappa shape index (κ3) is 4.57. The van der Waals surface area contributed by atoms with Crippen molar-refractivity contribution in [2.75, 3.05) is 21.3 Å². The Morgan fingerprint density at radius 1 is 1.08 bits per heavy atom. The summed E-state index contributed by atoms with van der Waals surface area (Å²) in [5.74, 6) is 0. The summed E-state index contributed by atoms with van der Waals surface area (Å²) in [5, 5.41) is 0.